The molecule has 1 aliphatic rings. The monoisotopic (exact) mass is 269 g/mol. The third kappa shape index (κ3) is 2.52. The van der Waals surface area contributed by atoms with Crippen LogP contribution in [0.4, 0.5) is 5.69 Å². The largest absolute Gasteiger partial charge is 0.380 e. The standard InChI is InChI=1S/C12H16BrNO/c1-8-7-10(3-4-11(8)13)14-12-5-6-15-9(12)2/h3-4,7,9,12,14H,5-6H2,1-2H3/t9-,12+/m0/s1. The van der Waals surface area contributed by atoms with E-state index in [1.165, 1.54) is 11.3 Å². The van der Waals surface area contributed by atoms with Crippen LogP contribution in [0.25, 0.3) is 0 Å². The number of aryl methyl sites for hydroxylation is 1. The van der Waals surface area contributed by atoms with E-state index in [1.54, 1.807) is 0 Å². The van der Waals surface area contributed by atoms with Gasteiger partial charge in [-0.1, -0.05) is 15.9 Å². The molecule has 1 aliphatic heterocycles. The van der Waals surface area contributed by atoms with E-state index >= 15 is 0 Å². The van der Waals surface area contributed by atoms with Crippen LogP contribution in [-0.4, -0.2) is 18.8 Å². The Labute approximate surface area is 99.1 Å². The molecule has 1 N–H and O–H groups in total. The summed E-state index contributed by atoms with van der Waals surface area (Å²) in [5.74, 6) is 0. The third-order valence-corrected chi connectivity index (χ3v) is 3.78. The zero-order chi connectivity index (χ0) is 10.8. The minimum absolute atomic E-state index is 0.314. The maximum absolute atomic E-state index is 5.52. The molecule has 0 saturated carbocycles. The summed E-state index contributed by atoms with van der Waals surface area (Å²) >= 11 is 3.50. The molecule has 1 saturated heterocycles. The van der Waals surface area contributed by atoms with Crippen molar-refractivity contribution in [1.29, 1.82) is 0 Å². The highest BCUT2D eigenvalue weighted by molar-refractivity contribution is 9.10. The van der Waals surface area contributed by atoms with Gasteiger partial charge >= 0.3 is 0 Å². The number of rotatable bonds is 2. The highest BCUT2D eigenvalue weighted by Gasteiger charge is 2.23. The lowest BCUT2D eigenvalue weighted by molar-refractivity contribution is 0.121. The maximum atomic E-state index is 5.52. The minimum Gasteiger partial charge on any atom is -0.380 e. The second kappa shape index (κ2) is 4.54. The average molecular weight is 270 g/mol. The fourth-order valence-electron chi connectivity index (χ4n) is 1.87. The summed E-state index contributed by atoms with van der Waals surface area (Å²) in [5, 5.41) is 3.51. The van der Waals surface area contributed by atoms with Crippen molar-refractivity contribution >= 4 is 21.6 Å². The van der Waals surface area contributed by atoms with Gasteiger partial charge in [0.25, 0.3) is 0 Å². The van der Waals surface area contributed by atoms with Gasteiger partial charge < -0.3 is 10.1 Å². The molecule has 0 aromatic heterocycles. The molecule has 0 amide bonds. The van der Waals surface area contributed by atoms with Crippen molar-refractivity contribution in [2.24, 2.45) is 0 Å². The SMILES string of the molecule is Cc1cc(N[C@@H]2CCO[C@H]2C)ccc1Br. The predicted octanol–water partition coefficient (Wildman–Crippen LogP) is 3.35. The highest BCUT2D eigenvalue weighted by atomic mass is 79.9. The molecular weight excluding hydrogens is 254 g/mol. The van der Waals surface area contributed by atoms with Crippen molar-refractivity contribution < 1.29 is 4.74 Å². The number of benzene rings is 1. The highest BCUT2D eigenvalue weighted by Crippen LogP contribution is 2.23. The summed E-state index contributed by atoms with van der Waals surface area (Å²) < 4.78 is 6.68. The topological polar surface area (TPSA) is 21.3 Å². The zero-order valence-electron chi connectivity index (χ0n) is 9.09. The normalized spacial score (nSPS) is 25.5. The van der Waals surface area contributed by atoms with Gasteiger partial charge in [-0.15, -0.1) is 0 Å². The molecule has 2 atom stereocenters. The van der Waals surface area contributed by atoms with E-state index in [0.29, 0.717) is 12.1 Å². The molecule has 0 spiro atoms. The first kappa shape index (κ1) is 11.0. The summed E-state index contributed by atoms with van der Waals surface area (Å²) in [6.07, 6.45) is 1.41. The van der Waals surface area contributed by atoms with Crippen molar-refractivity contribution in [3.63, 3.8) is 0 Å². The van der Waals surface area contributed by atoms with Crippen molar-refractivity contribution in [3.8, 4) is 0 Å². The molecule has 15 heavy (non-hydrogen) atoms. The van der Waals surface area contributed by atoms with Crippen molar-refractivity contribution in [2.45, 2.75) is 32.4 Å². The van der Waals surface area contributed by atoms with Crippen LogP contribution in [0.5, 0.6) is 0 Å². The third-order valence-electron chi connectivity index (χ3n) is 2.89. The zero-order valence-corrected chi connectivity index (χ0v) is 10.7. The van der Waals surface area contributed by atoms with E-state index < -0.39 is 0 Å². The summed E-state index contributed by atoms with van der Waals surface area (Å²) in [7, 11) is 0. The van der Waals surface area contributed by atoms with E-state index in [-0.39, 0.29) is 0 Å². The van der Waals surface area contributed by atoms with Crippen LogP contribution in [0.3, 0.4) is 0 Å². The predicted molar refractivity (Wildman–Crippen MR) is 66.3 cm³/mol. The number of halogens is 1. The molecule has 2 rings (SSSR count). The van der Waals surface area contributed by atoms with E-state index in [0.717, 1.165) is 17.5 Å². The number of hydrogen-bond acceptors (Lipinski definition) is 2. The summed E-state index contributed by atoms with van der Waals surface area (Å²) in [6.45, 7) is 5.09. The van der Waals surface area contributed by atoms with Gasteiger partial charge in [0.1, 0.15) is 0 Å². The Kier molecular flexibility index (Phi) is 3.32. The molecule has 1 fully saturated rings. The lowest BCUT2D eigenvalue weighted by atomic mass is 10.1. The van der Waals surface area contributed by atoms with E-state index in [9.17, 15) is 0 Å². The van der Waals surface area contributed by atoms with Crippen molar-refractivity contribution in [1.82, 2.24) is 0 Å². The summed E-state index contributed by atoms with van der Waals surface area (Å²) in [5.41, 5.74) is 2.43. The van der Waals surface area contributed by atoms with Crippen LogP contribution in [0.1, 0.15) is 18.9 Å². The Bertz CT molecular complexity index is 353. The van der Waals surface area contributed by atoms with Crippen molar-refractivity contribution in [2.75, 3.05) is 11.9 Å². The van der Waals surface area contributed by atoms with Crippen molar-refractivity contribution in [3.05, 3.63) is 28.2 Å². The summed E-state index contributed by atoms with van der Waals surface area (Å²) in [4.78, 5) is 0. The lowest BCUT2D eigenvalue weighted by Gasteiger charge is -2.17. The average Bonchev–Trinajstić information content (AvgIpc) is 2.59. The van der Waals surface area contributed by atoms with Crippen LogP contribution in [0, 0.1) is 6.92 Å². The Morgan fingerprint density at radius 1 is 1.47 bits per heavy atom. The molecule has 3 heteroatoms. The number of nitrogens with one attached hydrogen (secondary N) is 1. The first-order chi connectivity index (χ1) is 7.16. The maximum Gasteiger partial charge on any atom is 0.0748 e. The Balaban J connectivity index is 2.07. The second-order valence-corrected chi connectivity index (χ2v) is 4.93. The molecule has 1 heterocycles. The molecule has 0 radical (unpaired) electrons. The van der Waals surface area contributed by atoms with Gasteiger partial charge in [0.2, 0.25) is 0 Å². The van der Waals surface area contributed by atoms with Gasteiger partial charge in [-0.3, -0.25) is 0 Å². The molecule has 0 bridgehead atoms. The molecular formula is C12H16BrNO. The fourth-order valence-corrected chi connectivity index (χ4v) is 2.12. The van der Waals surface area contributed by atoms with Crippen LogP contribution in [0.15, 0.2) is 22.7 Å². The molecule has 0 aliphatic carbocycles. The molecule has 1 aromatic rings. The molecule has 82 valence electrons. The van der Waals surface area contributed by atoms with Gasteiger partial charge in [0, 0.05) is 16.8 Å². The van der Waals surface area contributed by atoms with Crippen LogP contribution in [0.2, 0.25) is 0 Å². The Morgan fingerprint density at radius 3 is 2.87 bits per heavy atom. The number of hydrogen-bond donors (Lipinski definition) is 1. The van der Waals surface area contributed by atoms with Gasteiger partial charge in [-0.05, 0) is 44.0 Å². The summed E-state index contributed by atoms with van der Waals surface area (Å²) in [6, 6.07) is 6.79. The van der Waals surface area contributed by atoms with Crippen LogP contribution >= 0.6 is 15.9 Å². The Morgan fingerprint density at radius 2 is 2.27 bits per heavy atom. The fraction of sp³-hybridized carbons (Fsp3) is 0.500. The van der Waals surface area contributed by atoms with Gasteiger partial charge in [0.05, 0.1) is 12.1 Å². The minimum atomic E-state index is 0.314. The molecule has 2 nitrogen and oxygen atoms in total. The smallest absolute Gasteiger partial charge is 0.0748 e. The number of ether oxygens (including phenoxy) is 1. The van der Waals surface area contributed by atoms with E-state index in [1.807, 2.05) is 0 Å². The van der Waals surface area contributed by atoms with Gasteiger partial charge in [-0.2, -0.15) is 0 Å². The quantitative estimate of drug-likeness (QED) is 0.889. The Hall–Kier alpha value is -0.540. The molecule has 0 unspecified atom stereocenters. The first-order valence-electron chi connectivity index (χ1n) is 5.31. The van der Waals surface area contributed by atoms with Crippen LogP contribution in [-0.2, 0) is 4.74 Å². The van der Waals surface area contributed by atoms with Gasteiger partial charge in [-0.25, -0.2) is 0 Å². The number of anilines is 1. The second-order valence-electron chi connectivity index (χ2n) is 4.08. The van der Waals surface area contributed by atoms with E-state index in [4.69, 9.17) is 4.74 Å². The van der Waals surface area contributed by atoms with Crippen LogP contribution < -0.4 is 5.32 Å². The van der Waals surface area contributed by atoms with Gasteiger partial charge in [0.15, 0.2) is 0 Å². The first-order valence-corrected chi connectivity index (χ1v) is 6.10. The molecule has 1 aromatic carbocycles. The van der Waals surface area contributed by atoms with E-state index in [2.05, 4.69) is 53.3 Å². The lowest BCUT2D eigenvalue weighted by Crippen LogP contribution is -2.26.